The number of hydrogen-bond acceptors (Lipinski definition) is 6. The van der Waals surface area contributed by atoms with E-state index < -0.39 is 45.8 Å². The zero-order chi connectivity index (χ0) is 30.5. The number of hydrogen-bond donors (Lipinski definition) is 0. The van der Waals surface area contributed by atoms with Crippen LogP contribution in [0.4, 0.5) is 0 Å². The van der Waals surface area contributed by atoms with Crippen molar-refractivity contribution in [1.29, 1.82) is 0 Å². The molecular weight excluding hydrogens is 528 g/mol. The Balaban J connectivity index is 1.33. The number of carbonyl (C=O) groups excluding carboxylic acids is 4. The predicted molar refractivity (Wildman–Crippen MR) is 158 cm³/mol. The summed E-state index contributed by atoms with van der Waals surface area (Å²) in [7, 11) is 0. The van der Waals surface area contributed by atoms with Gasteiger partial charge in [0.1, 0.15) is 23.0 Å². The van der Waals surface area contributed by atoms with E-state index in [1.54, 1.807) is 13.8 Å². The second kappa shape index (κ2) is 10.3. The fraction of sp³-hybridized carbons (Fsp3) is 0.389. The summed E-state index contributed by atoms with van der Waals surface area (Å²) >= 11 is 0. The third-order valence-electron chi connectivity index (χ3n) is 9.18. The first-order chi connectivity index (χ1) is 19.7. The van der Waals surface area contributed by atoms with Crippen molar-refractivity contribution in [1.82, 2.24) is 0 Å². The molecule has 0 radical (unpaired) electrons. The van der Waals surface area contributed by atoms with Gasteiger partial charge in [-0.2, -0.15) is 0 Å². The minimum absolute atomic E-state index is 0.164. The first-order valence-corrected chi connectivity index (χ1v) is 14.4. The van der Waals surface area contributed by atoms with E-state index >= 15 is 0 Å². The first kappa shape index (κ1) is 29.4. The van der Waals surface area contributed by atoms with E-state index in [2.05, 4.69) is 0 Å². The number of benzene rings is 3. The molecule has 3 aromatic carbocycles. The second-order valence-electron chi connectivity index (χ2n) is 13.3. The number of carbonyl (C=O) groups is 4. The van der Waals surface area contributed by atoms with Crippen molar-refractivity contribution in [3.63, 3.8) is 0 Å². The summed E-state index contributed by atoms with van der Waals surface area (Å²) in [5.41, 5.74) is -1.37. The lowest BCUT2D eigenvalue weighted by molar-refractivity contribution is -0.189. The largest absolute Gasteiger partial charge is 0.456 e. The van der Waals surface area contributed by atoms with Crippen LogP contribution in [0.2, 0.25) is 0 Å². The summed E-state index contributed by atoms with van der Waals surface area (Å²) in [5, 5.41) is 0. The van der Waals surface area contributed by atoms with Crippen LogP contribution in [0, 0.1) is 21.7 Å². The lowest BCUT2D eigenvalue weighted by Gasteiger charge is -2.45. The number of ketones is 2. The predicted octanol–water partition coefficient (Wildman–Crippen LogP) is 6.57. The average molecular weight is 567 g/mol. The van der Waals surface area contributed by atoms with Crippen molar-refractivity contribution >= 4 is 23.5 Å². The summed E-state index contributed by atoms with van der Waals surface area (Å²) in [6.45, 7) is 10.6. The van der Waals surface area contributed by atoms with Crippen molar-refractivity contribution in [3.05, 3.63) is 107 Å². The third-order valence-corrected chi connectivity index (χ3v) is 9.18. The lowest BCUT2D eigenvalue weighted by Crippen LogP contribution is -2.54. The van der Waals surface area contributed by atoms with Gasteiger partial charge in [0, 0.05) is 0 Å². The Morgan fingerprint density at radius 2 is 0.810 bits per heavy atom. The Hall–Kier alpha value is -4.06. The minimum Gasteiger partial charge on any atom is -0.456 e. The molecule has 2 aliphatic rings. The number of Topliss-reactive ketones (excluding diaryl/α,β-unsaturated/α-hetero) is 2. The molecule has 4 atom stereocenters. The van der Waals surface area contributed by atoms with Gasteiger partial charge in [-0.1, -0.05) is 84.9 Å². The molecular formula is C36H38O6. The highest BCUT2D eigenvalue weighted by Crippen LogP contribution is 2.50. The third kappa shape index (κ3) is 4.77. The van der Waals surface area contributed by atoms with Gasteiger partial charge in [-0.05, 0) is 76.6 Å². The molecule has 5 rings (SSSR count). The maximum absolute atomic E-state index is 13.8. The fourth-order valence-electron chi connectivity index (χ4n) is 6.74. The Labute approximate surface area is 247 Å². The normalized spacial score (nSPS) is 28.6. The molecule has 0 saturated carbocycles. The molecule has 2 fully saturated rings. The summed E-state index contributed by atoms with van der Waals surface area (Å²) in [5.74, 6) is -1.41. The molecule has 2 aliphatic heterocycles. The molecule has 6 nitrogen and oxygen atoms in total. The Kier molecular flexibility index (Phi) is 7.24. The zero-order valence-corrected chi connectivity index (χ0v) is 25.1. The van der Waals surface area contributed by atoms with Crippen LogP contribution < -0.4 is 0 Å². The molecule has 6 heteroatoms. The van der Waals surface area contributed by atoms with Crippen LogP contribution in [-0.2, 0) is 41.5 Å². The van der Waals surface area contributed by atoms with Crippen LogP contribution in [-0.4, -0.2) is 23.5 Å². The molecule has 2 heterocycles. The monoisotopic (exact) mass is 566 g/mol. The standard InChI is InChI=1S/C36H38O6/c1-33(2)27(25-13-9-7-10-14-25)41-31(39)35(5,29(33)37)21-23-17-19-24(20-18-23)22-36(6)30(38)34(3,4)28(42-32(36)40)26-15-11-8-12-16-26/h7-20,27-28H,21-22H2,1-6H3. The molecule has 0 aliphatic carbocycles. The molecule has 0 spiro atoms. The van der Waals surface area contributed by atoms with Gasteiger partial charge < -0.3 is 9.47 Å². The van der Waals surface area contributed by atoms with Crippen LogP contribution in [0.3, 0.4) is 0 Å². The lowest BCUT2D eigenvalue weighted by atomic mass is 9.63. The Morgan fingerprint density at radius 3 is 1.12 bits per heavy atom. The van der Waals surface area contributed by atoms with E-state index in [1.165, 1.54) is 0 Å². The van der Waals surface area contributed by atoms with Gasteiger partial charge in [-0.3, -0.25) is 19.2 Å². The first-order valence-electron chi connectivity index (χ1n) is 14.4. The Morgan fingerprint density at radius 1 is 0.500 bits per heavy atom. The van der Waals surface area contributed by atoms with Crippen LogP contribution in [0.5, 0.6) is 0 Å². The highest BCUT2D eigenvalue weighted by Gasteiger charge is 2.59. The van der Waals surface area contributed by atoms with Crippen molar-refractivity contribution in [2.24, 2.45) is 21.7 Å². The van der Waals surface area contributed by atoms with Gasteiger partial charge in [0.25, 0.3) is 0 Å². The maximum atomic E-state index is 13.8. The fourth-order valence-corrected chi connectivity index (χ4v) is 6.74. The molecule has 0 amide bonds. The summed E-state index contributed by atoms with van der Waals surface area (Å²) in [4.78, 5) is 54.2. The van der Waals surface area contributed by atoms with Crippen LogP contribution in [0.15, 0.2) is 84.9 Å². The second-order valence-corrected chi connectivity index (χ2v) is 13.3. The van der Waals surface area contributed by atoms with Gasteiger partial charge in [0.15, 0.2) is 11.6 Å². The van der Waals surface area contributed by atoms with Gasteiger partial charge in [-0.15, -0.1) is 0 Å². The summed E-state index contributed by atoms with van der Waals surface area (Å²) in [6, 6.07) is 26.1. The smallest absolute Gasteiger partial charge is 0.320 e. The van der Waals surface area contributed by atoms with E-state index in [0.29, 0.717) is 0 Å². The molecule has 0 N–H and O–H groups in total. The highest BCUT2D eigenvalue weighted by atomic mass is 16.6. The Bertz CT molecular complexity index is 1410. The minimum atomic E-state index is -1.35. The van der Waals surface area contributed by atoms with Gasteiger partial charge in [0.2, 0.25) is 0 Å². The van der Waals surface area contributed by atoms with E-state index in [-0.39, 0.29) is 24.4 Å². The molecule has 0 bridgehead atoms. The maximum Gasteiger partial charge on any atom is 0.320 e. The average Bonchev–Trinajstić information content (AvgIpc) is 2.97. The van der Waals surface area contributed by atoms with E-state index in [1.807, 2.05) is 113 Å². The van der Waals surface area contributed by atoms with Crippen LogP contribution >= 0.6 is 0 Å². The number of esters is 2. The topological polar surface area (TPSA) is 86.7 Å². The van der Waals surface area contributed by atoms with Crippen molar-refractivity contribution < 1.29 is 28.7 Å². The van der Waals surface area contributed by atoms with Crippen molar-refractivity contribution in [2.75, 3.05) is 0 Å². The number of rotatable bonds is 6. The van der Waals surface area contributed by atoms with Gasteiger partial charge in [0.05, 0.1) is 10.8 Å². The SMILES string of the molecule is CC1(Cc2ccc(CC3(C)C(=O)OC(c4ccccc4)C(C)(C)C3=O)cc2)C(=O)OC(c2ccccc2)C(C)(C)C1=O. The van der Waals surface area contributed by atoms with E-state index in [4.69, 9.17) is 9.47 Å². The highest BCUT2D eigenvalue weighted by molar-refractivity contribution is 6.09. The number of ether oxygens (including phenoxy) is 2. The molecule has 42 heavy (non-hydrogen) atoms. The van der Waals surface area contributed by atoms with Gasteiger partial charge >= 0.3 is 11.9 Å². The summed E-state index contributed by atoms with van der Waals surface area (Å²) in [6.07, 6.45) is -0.957. The molecule has 4 unspecified atom stereocenters. The van der Waals surface area contributed by atoms with E-state index in [0.717, 1.165) is 22.3 Å². The molecule has 218 valence electrons. The zero-order valence-electron chi connectivity index (χ0n) is 25.1. The summed E-state index contributed by atoms with van der Waals surface area (Å²) < 4.78 is 11.8. The molecule has 0 aromatic heterocycles. The van der Waals surface area contributed by atoms with E-state index in [9.17, 15) is 19.2 Å². The van der Waals surface area contributed by atoms with Crippen LogP contribution in [0.25, 0.3) is 0 Å². The molecule has 2 saturated heterocycles. The quantitative estimate of drug-likeness (QED) is 0.248. The van der Waals surface area contributed by atoms with Crippen LogP contribution in [0.1, 0.15) is 76.0 Å². The molecule has 3 aromatic rings. The van der Waals surface area contributed by atoms with Crippen molar-refractivity contribution in [2.45, 2.75) is 66.6 Å². The van der Waals surface area contributed by atoms with Gasteiger partial charge in [-0.25, -0.2) is 0 Å². The van der Waals surface area contributed by atoms with Crippen molar-refractivity contribution in [3.8, 4) is 0 Å². The number of cyclic esters (lactones) is 2.